The molecule has 3 aromatic heterocycles. The molecule has 0 aliphatic carbocycles. The van der Waals surface area contributed by atoms with Crippen LogP contribution in [0.5, 0.6) is 11.5 Å². The second kappa shape index (κ2) is 9.38. The van der Waals surface area contributed by atoms with E-state index in [0.29, 0.717) is 46.3 Å². The third-order valence-corrected chi connectivity index (χ3v) is 5.52. The lowest BCUT2D eigenvalue weighted by atomic mass is 10.1. The van der Waals surface area contributed by atoms with E-state index in [0.717, 1.165) is 16.4 Å². The lowest BCUT2D eigenvalue weighted by Gasteiger charge is -2.13. The van der Waals surface area contributed by atoms with Crippen LogP contribution in [0, 0.1) is 5.82 Å². The minimum absolute atomic E-state index is 0.226. The van der Waals surface area contributed by atoms with Crippen LogP contribution in [0.15, 0.2) is 60.9 Å². The maximum atomic E-state index is 14.0. The average molecular weight is 471 g/mol. The van der Waals surface area contributed by atoms with E-state index < -0.39 is 5.82 Å². The van der Waals surface area contributed by atoms with Gasteiger partial charge < -0.3 is 19.8 Å². The van der Waals surface area contributed by atoms with E-state index in [1.165, 1.54) is 19.2 Å². The summed E-state index contributed by atoms with van der Waals surface area (Å²) >= 11 is 0. The molecule has 0 fully saturated rings. The number of methoxy groups -OCH3 is 1. The topological polar surface area (TPSA) is 102 Å². The summed E-state index contributed by atoms with van der Waals surface area (Å²) in [5.41, 5.74) is 3.52. The zero-order valence-electron chi connectivity index (χ0n) is 19.1. The number of H-pyrrole nitrogens is 1. The fourth-order valence-electron chi connectivity index (χ4n) is 3.89. The number of ether oxygens (including phenoxy) is 2. The predicted molar refractivity (Wildman–Crippen MR) is 130 cm³/mol. The van der Waals surface area contributed by atoms with E-state index in [4.69, 9.17) is 14.5 Å². The standard InChI is InChI=1S/C26H22FN5O3/c1-3-35-24-12-21(18-11-16(27)5-7-23(18)34-2)30-20-10-15(4-6-17(20)24)26(33)29-14-25-31-19-8-9-28-13-22(19)32-25/h4-13H,3,14H2,1-2H3,(H,29,33)(H,31,32). The number of rotatable bonds is 7. The van der Waals surface area contributed by atoms with Crippen molar-refractivity contribution in [3.05, 3.63) is 78.1 Å². The van der Waals surface area contributed by atoms with Crippen molar-refractivity contribution < 1.29 is 18.7 Å². The molecular formula is C26H22FN5O3. The number of amides is 1. The summed E-state index contributed by atoms with van der Waals surface area (Å²) in [5, 5.41) is 3.61. The van der Waals surface area contributed by atoms with Crippen molar-refractivity contribution in [2.75, 3.05) is 13.7 Å². The molecule has 5 rings (SSSR count). The van der Waals surface area contributed by atoms with Crippen molar-refractivity contribution >= 4 is 27.8 Å². The third-order valence-electron chi connectivity index (χ3n) is 5.52. The van der Waals surface area contributed by atoms with Crippen LogP contribution in [0.1, 0.15) is 23.1 Å². The van der Waals surface area contributed by atoms with Crippen LogP contribution in [0.3, 0.4) is 0 Å². The number of imidazole rings is 1. The van der Waals surface area contributed by atoms with Crippen LogP contribution in [-0.2, 0) is 6.54 Å². The summed E-state index contributed by atoms with van der Waals surface area (Å²) in [6.45, 7) is 2.54. The first kappa shape index (κ1) is 22.3. The molecule has 1 amide bonds. The Hall–Kier alpha value is -4.53. The number of carbonyl (C=O) groups is 1. The maximum Gasteiger partial charge on any atom is 0.251 e. The Balaban J connectivity index is 1.48. The zero-order valence-corrected chi connectivity index (χ0v) is 19.1. The molecule has 0 aliphatic heterocycles. The highest BCUT2D eigenvalue weighted by molar-refractivity contribution is 5.99. The molecule has 176 valence electrons. The minimum atomic E-state index is -0.407. The summed E-state index contributed by atoms with van der Waals surface area (Å²) in [6.07, 6.45) is 3.34. The predicted octanol–water partition coefficient (Wildman–Crippen LogP) is 4.65. The number of nitrogens with zero attached hydrogens (tertiary/aromatic N) is 3. The summed E-state index contributed by atoms with van der Waals surface area (Å²) in [5.74, 6) is 1.01. The number of carbonyl (C=O) groups excluding carboxylic acids is 1. The number of hydrogen-bond acceptors (Lipinski definition) is 6. The molecule has 2 aromatic carbocycles. The summed E-state index contributed by atoms with van der Waals surface area (Å²) in [7, 11) is 1.52. The maximum absolute atomic E-state index is 14.0. The van der Waals surface area contributed by atoms with Crippen molar-refractivity contribution in [3.8, 4) is 22.8 Å². The lowest BCUT2D eigenvalue weighted by Crippen LogP contribution is -2.23. The van der Waals surface area contributed by atoms with Crippen LogP contribution >= 0.6 is 0 Å². The fraction of sp³-hybridized carbons (Fsp3) is 0.154. The Morgan fingerprint density at radius 1 is 1.06 bits per heavy atom. The van der Waals surface area contributed by atoms with Crippen molar-refractivity contribution in [3.63, 3.8) is 0 Å². The first-order valence-corrected chi connectivity index (χ1v) is 11.0. The molecule has 0 saturated heterocycles. The molecule has 0 spiro atoms. The van der Waals surface area contributed by atoms with Crippen molar-refractivity contribution in [2.45, 2.75) is 13.5 Å². The van der Waals surface area contributed by atoms with E-state index >= 15 is 0 Å². The molecule has 0 unspecified atom stereocenters. The molecule has 0 bridgehead atoms. The number of fused-ring (bicyclic) bond motifs is 2. The van der Waals surface area contributed by atoms with Gasteiger partial charge in [0, 0.05) is 28.8 Å². The number of aromatic nitrogens is 4. The largest absolute Gasteiger partial charge is 0.496 e. The second-order valence-electron chi connectivity index (χ2n) is 7.77. The smallest absolute Gasteiger partial charge is 0.251 e. The fourth-order valence-corrected chi connectivity index (χ4v) is 3.89. The molecule has 0 radical (unpaired) electrons. The first-order valence-electron chi connectivity index (χ1n) is 11.0. The van der Waals surface area contributed by atoms with Crippen LogP contribution in [-0.4, -0.2) is 39.6 Å². The Bertz CT molecular complexity index is 1520. The number of benzene rings is 2. The first-order chi connectivity index (χ1) is 17.1. The van der Waals surface area contributed by atoms with E-state index in [2.05, 4.69) is 20.3 Å². The van der Waals surface area contributed by atoms with Gasteiger partial charge in [-0.2, -0.15) is 0 Å². The van der Waals surface area contributed by atoms with Gasteiger partial charge >= 0.3 is 0 Å². The Labute approximate surface area is 200 Å². The van der Waals surface area contributed by atoms with Gasteiger partial charge in [0.15, 0.2) is 0 Å². The van der Waals surface area contributed by atoms with Crippen molar-refractivity contribution in [2.24, 2.45) is 0 Å². The van der Waals surface area contributed by atoms with Gasteiger partial charge in [-0.1, -0.05) is 0 Å². The van der Waals surface area contributed by atoms with Gasteiger partial charge in [-0.15, -0.1) is 0 Å². The van der Waals surface area contributed by atoms with Gasteiger partial charge in [-0.05, 0) is 49.4 Å². The number of pyridine rings is 2. The van der Waals surface area contributed by atoms with Gasteiger partial charge in [0.1, 0.15) is 28.7 Å². The van der Waals surface area contributed by atoms with E-state index in [1.807, 2.05) is 13.0 Å². The molecule has 8 nitrogen and oxygen atoms in total. The van der Waals surface area contributed by atoms with Gasteiger partial charge in [0.05, 0.1) is 43.2 Å². The molecule has 5 aromatic rings. The Morgan fingerprint density at radius 3 is 2.74 bits per heavy atom. The Kier molecular flexibility index (Phi) is 5.97. The normalized spacial score (nSPS) is 11.1. The summed E-state index contributed by atoms with van der Waals surface area (Å²) in [6, 6.07) is 13.0. The highest BCUT2D eigenvalue weighted by Gasteiger charge is 2.15. The number of nitrogens with one attached hydrogen (secondary N) is 2. The SMILES string of the molecule is CCOc1cc(-c2cc(F)ccc2OC)nc2cc(C(=O)NCc3nc4cnccc4[nH]3)ccc12. The summed E-state index contributed by atoms with van der Waals surface area (Å²) in [4.78, 5) is 29.2. The Morgan fingerprint density at radius 2 is 1.94 bits per heavy atom. The molecule has 0 saturated carbocycles. The number of hydrogen-bond donors (Lipinski definition) is 2. The molecule has 2 N–H and O–H groups in total. The minimum Gasteiger partial charge on any atom is -0.496 e. The lowest BCUT2D eigenvalue weighted by molar-refractivity contribution is 0.0950. The average Bonchev–Trinajstić information content (AvgIpc) is 3.30. The molecule has 0 atom stereocenters. The second-order valence-corrected chi connectivity index (χ2v) is 7.77. The van der Waals surface area contributed by atoms with E-state index in [1.54, 1.807) is 42.7 Å². The van der Waals surface area contributed by atoms with Crippen LogP contribution in [0.25, 0.3) is 33.2 Å². The molecular weight excluding hydrogens is 449 g/mol. The highest BCUT2D eigenvalue weighted by atomic mass is 19.1. The monoisotopic (exact) mass is 471 g/mol. The molecule has 9 heteroatoms. The summed E-state index contributed by atoms with van der Waals surface area (Å²) < 4.78 is 25.2. The van der Waals surface area contributed by atoms with Gasteiger partial charge in [0.25, 0.3) is 5.91 Å². The van der Waals surface area contributed by atoms with Crippen LogP contribution in [0.2, 0.25) is 0 Å². The van der Waals surface area contributed by atoms with Gasteiger partial charge in [-0.25, -0.2) is 14.4 Å². The molecule has 3 heterocycles. The van der Waals surface area contributed by atoms with E-state index in [9.17, 15) is 9.18 Å². The third kappa shape index (κ3) is 4.48. The zero-order chi connectivity index (χ0) is 24.4. The quantitative estimate of drug-likeness (QED) is 0.358. The number of halogens is 1. The number of aromatic amines is 1. The van der Waals surface area contributed by atoms with E-state index in [-0.39, 0.29) is 12.5 Å². The van der Waals surface area contributed by atoms with Crippen LogP contribution < -0.4 is 14.8 Å². The van der Waals surface area contributed by atoms with Crippen LogP contribution in [0.4, 0.5) is 4.39 Å². The van der Waals surface area contributed by atoms with Crippen molar-refractivity contribution in [1.82, 2.24) is 25.3 Å². The van der Waals surface area contributed by atoms with Crippen molar-refractivity contribution in [1.29, 1.82) is 0 Å². The van der Waals surface area contributed by atoms with Gasteiger partial charge in [0.2, 0.25) is 0 Å². The van der Waals surface area contributed by atoms with Gasteiger partial charge in [-0.3, -0.25) is 9.78 Å². The molecule has 0 aliphatic rings. The highest BCUT2D eigenvalue weighted by Crippen LogP contribution is 2.35. The molecule has 35 heavy (non-hydrogen) atoms.